The fraction of sp³-hybridized carbons (Fsp3) is 0.540. The van der Waals surface area contributed by atoms with E-state index in [-0.39, 0.29) is 44.0 Å². The third-order valence-corrected chi connectivity index (χ3v) is 10.6. The quantitative estimate of drug-likeness (QED) is 0.0199. The highest BCUT2D eigenvalue weighted by Gasteiger charge is 2.19. The number of rotatable bonds is 46. The van der Waals surface area contributed by atoms with Gasteiger partial charge in [0.15, 0.2) is 6.10 Å². The zero-order chi connectivity index (χ0) is 50.0. The molecule has 0 rings (SSSR count). The highest BCUT2D eigenvalue weighted by Crippen LogP contribution is 2.12. The largest absolute Gasteiger partial charge is 0.462 e. The van der Waals surface area contributed by atoms with E-state index in [1.807, 2.05) is 48.6 Å². The Labute approximate surface area is 422 Å². The van der Waals surface area contributed by atoms with Crippen molar-refractivity contribution in [2.75, 3.05) is 13.2 Å². The van der Waals surface area contributed by atoms with Crippen molar-refractivity contribution in [2.24, 2.45) is 0 Å². The van der Waals surface area contributed by atoms with E-state index < -0.39 is 6.10 Å². The predicted molar refractivity (Wildman–Crippen MR) is 297 cm³/mol. The molecule has 0 aliphatic heterocycles. The van der Waals surface area contributed by atoms with Gasteiger partial charge in [-0.2, -0.15) is 0 Å². The lowest BCUT2D eigenvalue weighted by atomic mass is 10.1. The molecule has 0 saturated heterocycles. The number of hydrogen-bond donors (Lipinski definition) is 0. The average Bonchev–Trinajstić information content (AvgIpc) is 3.35. The number of hydrogen-bond acceptors (Lipinski definition) is 6. The van der Waals surface area contributed by atoms with E-state index in [1.165, 1.54) is 38.5 Å². The van der Waals surface area contributed by atoms with E-state index in [9.17, 15) is 14.4 Å². The van der Waals surface area contributed by atoms with Crippen LogP contribution in [0.15, 0.2) is 158 Å². The Kier molecular flexibility index (Phi) is 51.6. The first-order chi connectivity index (χ1) is 34.0. The van der Waals surface area contributed by atoms with Gasteiger partial charge in [0.2, 0.25) is 0 Å². The van der Waals surface area contributed by atoms with Gasteiger partial charge < -0.3 is 14.2 Å². The summed E-state index contributed by atoms with van der Waals surface area (Å²) >= 11 is 0. The minimum absolute atomic E-state index is 0.129. The average molecular weight is 949 g/mol. The van der Waals surface area contributed by atoms with Crippen molar-refractivity contribution in [3.63, 3.8) is 0 Å². The van der Waals surface area contributed by atoms with Crippen LogP contribution in [0.4, 0.5) is 0 Å². The summed E-state index contributed by atoms with van der Waals surface area (Å²) < 4.78 is 16.7. The second-order valence-corrected chi connectivity index (χ2v) is 17.1. The Bertz CT molecular complexity index is 1610. The Morgan fingerprint density at radius 3 is 1.12 bits per heavy atom. The van der Waals surface area contributed by atoms with Gasteiger partial charge in [0.05, 0.1) is 0 Å². The second kappa shape index (κ2) is 55.6. The number of carbonyl (C=O) groups excluding carboxylic acids is 3. The molecule has 6 heteroatoms. The molecule has 0 aliphatic carbocycles. The SMILES string of the molecule is CC\C=C/C=C\C=C/C=C\C=C/CCCCCC(=O)OCC(COC(=O)CCCCCCCC/C=C\C/C=C\C/C=C\C/C=C\CC)OC(=O)CCC/C=C\C/C=C\C/C=C\C/C=C\CCCCC. The summed E-state index contributed by atoms with van der Waals surface area (Å²) in [6.07, 6.45) is 80.8. The van der Waals surface area contributed by atoms with Crippen LogP contribution in [0.25, 0.3) is 0 Å². The molecule has 0 amide bonds. The minimum atomic E-state index is -0.839. The monoisotopic (exact) mass is 949 g/mol. The zero-order valence-corrected chi connectivity index (χ0v) is 43.8. The van der Waals surface area contributed by atoms with E-state index in [2.05, 4.69) is 130 Å². The van der Waals surface area contributed by atoms with Crippen molar-refractivity contribution in [2.45, 2.75) is 207 Å². The van der Waals surface area contributed by atoms with Crippen LogP contribution < -0.4 is 0 Å². The predicted octanol–water partition coefficient (Wildman–Crippen LogP) is 18.2. The van der Waals surface area contributed by atoms with Crippen LogP contribution in [-0.2, 0) is 28.6 Å². The molecule has 0 aromatic carbocycles. The molecule has 0 heterocycles. The van der Waals surface area contributed by atoms with Crippen LogP contribution in [0.5, 0.6) is 0 Å². The summed E-state index contributed by atoms with van der Waals surface area (Å²) in [5.41, 5.74) is 0. The molecular weight excluding hydrogens is 853 g/mol. The van der Waals surface area contributed by atoms with Crippen LogP contribution in [0.3, 0.4) is 0 Å². The lowest BCUT2D eigenvalue weighted by Crippen LogP contribution is -2.30. The molecule has 384 valence electrons. The van der Waals surface area contributed by atoms with Gasteiger partial charge in [-0.1, -0.05) is 224 Å². The topological polar surface area (TPSA) is 78.9 Å². The first kappa shape index (κ1) is 64.0. The summed E-state index contributed by atoms with van der Waals surface area (Å²) in [7, 11) is 0. The molecule has 69 heavy (non-hydrogen) atoms. The highest BCUT2D eigenvalue weighted by molar-refractivity contribution is 5.71. The third kappa shape index (κ3) is 53.8. The van der Waals surface area contributed by atoms with E-state index in [4.69, 9.17) is 14.2 Å². The summed E-state index contributed by atoms with van der Waals surface area (Å²) in [5.74, 6) is -1.05. The molecule has 0 fully saturated rings. The molecule has 0 aromatic heterocycles. The van der Waals surface area contributed by atoms with E-state index in [0.29, 0.717) is 19.3 Å². The van der Waals surface area contributed by atoms with Gasteiger partial charge in [0, 0.05) is 19.3 Å². The zero-order valence-electron chi connectivity index (χ0n) is 43.8. The summed E-state index contributed by atoms with van der Waals surface area (Å²) in [4.78, 5) is 38.1. The van der Waals surface area contributed by atoms with E-state index in [0.717, 1.165) is 109 Å². The first-order valence-electron chi connectivity index (χ1n) is 27.1. The Morgan fingerprint density at radius 2 is 0.652 bits per heavy atom. The van der Waals surface area contributed by atoms with Gasteiger partial charge in [-0.15, -0.1) is 0 Å². The molecule has 0 aliphatic rings. The Hall–Kier alpha value is -4.97. The second-order valence-electron chi connectivity index (χ2n) is 17.1. The third-order valence-electron chi connectivity index (χ3n) is 10.6. The van der Waals surface area contributed by atoms with Gasteiger partial charge in [-0.05, 0) is 116 Å². The van der Waals surface area contributed by atoms with Crippen LogP contribution in [0.1, 0.15) is 201 Å². The fourth-order valence-corrected chi connectivity index (χ4v) is 6.62. The fourth-order valence-electron chi connectivity index (χ4n) is 6.62. The molecule has 0 radical (unpaired) electrons. The summed E-state index contributed by atoms with van der Waals surface area (Å²) in [5, 5.41) is 0. The molecule has 0 aromatic rings. The van der Waals surface area contributed by atoms with Crippen molar-refractivity contribution < 1.29 is 28.6 Å². The van der Waals surface area contributed by atoms with Gasteiger partial charge in [-0.25, -0.2) is 0 Å². The number of ether oxygens (including phenoxy) is 3. The highest BCUT2D eigenvalue weighted by atomic mass is 16.6. The van der Waals surface area contributed by atoms with E-state index >= 15 is 0 Å². The lowest BCUT2D eigenvalue weighted by molar-refractivity contribution is -0.167. The standard InChI is InChI=1S/C63H96O6/c1-4-7-10-13-16-19-22-25-28-30-31-33-35-38-41-44-47-50-53-56-62(65)68-59-60(58-67-61(64)55-52-49-46-43-40-37-34-27-24-21-18-15-12-9-6-3)69-63(66)57-54-51-48-45-42-39-36-32-29-26-23-20-17-14-11-8-5-2/h7,9-10,12,15-21,24-29,31,33-34,36-37,39-40,45,48,60H,4-6,8,11,13-14,22-23,30,32,35,38,41-44,46-47,49-59H2,1-3H3/b10-7-,12-9-,18-15-,19-16-,20-17-,24-21-,28-25-,29-26-,33-31-,34-27-,39-36-,40-37-,48-45-. The van der Waals surface area contributed by atoms with Crippen LogP contribution in [-0.4, -0.2) is 37.2 Å². The van der Waals surface area contributed by atoms with Crippen molar-refractivity contribution in [3.8, 4) is 0 Å². The molecular formula is C63H96O6. The molecule has 0 spiro atoms. The number of carbonyl (C=O) groups is 3. The first-order valence-corrected chi connectivity index (χ1v) is 27.1. The van der Waals surface area contributed by atoms with Gasteiger partial charge in [-0.3, -0.25) is 14.4 Å². The minimum Gasteiger partial charge on any atom is -0.462 e. The maximum Gasteiger partial charge on any atom is 0.306 e. The maximum absolute atomic E-state index is 12.8. The number of esters is 3. The van der Waals surface area contributed by atoms with Crippen molar-refractivity contribution in [1.82, 2.24) is 0 Å². The van der Waals surface area contributed by atoms with Crippen molar-refractivity contribution >= 4 is 17.9 Å². The molecule has 1 atom stereocenters. The molecule has 0 saturated carbocycles. The van der Waals surface area contributed by atoms with Crippen molar-refractivity contribution in [1.29, 1.82) is 0 Å². The van der Waals surface area contributed by atoms with Gasteiger partial charge in [0.1, 0.15) is 13.2 Å². The van der Waals surface area contributed by atoms with Gasteiger partial charge in [0.25, 0.3) is 0 Å². The molecule has 0 N–H and O–H groups in total. The lowest BCUT2D eigenvalue weighted by Gasteiger charge is -2.18. The Balaban J connectivity index is 4.60. The normalized spacial score (nSPS) is 13.4. The summed E-state index contributed by atoms with van der Waals surface area (Å²) in [6, 6.07) is 0. The molecule has 0 bridgehead atoms. The van der Waals surface area contributed by atoms with Crippen LogP contribution in [0.2, 0.25) is 0 Å². The molecule has 6 nitrogen and oxygen atoms in total. The number of allylic oxidation sites excluding steroid dienone is 26. The Morgan fingerprint density at radius 1 is 0.319 bits per heavy atom. The van der Waals surface area contributed by atoms with Crippen LogP contribution >= 0.6 is 0 Å². The van der Waals surface area contributed by atoms with E-state index in [1.54, 1.807) is 0 Å². The smallest absolute Gasteiger partial charge is 0.306 e. The number of unbranched alkanes of at least 4 members (excludes halogenated alkanes) is 13. The maximum atomic E-state index is 12.8. The molecule has 1 unspecified atom stereocenters. The summed E-state index contributed by atoms with van der Waals surface area (Å²) in [6.45, 7) is 6.23. The van der Waals surface area contributed by atoms with Gasteiger partial charge >= 0.3 is 17.9 Å². The van der Waals surface area contributed by atoms with Crippen molar-refractivity contribution in [3.05, 3.63) is 158 Å². The van der Waals surface area contributed by atoms with Crippen LogP contribution in [0, 0.1) is 0 Å².